The molecule has 0 amide bonds. The van der Waals surface area contributed by atoms with Crippen molar-refractivity contribution in [3.63, 3.8) is 0 Å². The number of hydrogen-bond acceptors (Lipinski definition) is 3. The van der Waals surface area contributed by atoms with Crippen LogP contribution in [0.4, 0.5) is 14.5 Å². The van der Waals surface area contributed by atoms with Crippen molar-refractivity contribution in [2.24, 2.45) is 0 Å². The highest BCUT2D eigenvalue weighted by molar-refractivity contribution is 9.10. The van der Waals surface area contributed by atoms with Gasteiger partial charge in [0, 0.05) is 22.8 Å². The highest BCUT2D eigenvalue weighted by Crippen LogP contribution is 2.24. The Labute approximate surface area is 114 Å². The SMILES string of the molecule is Fc1cc(NCc2cnc(Cl)s2)cc(Br)c1F. The number of anilines is 1. The van der Waals surface area contributed by atoms with Crippen LogP contribution in [0.5, 0.6) is 0 Å². The van der Waals surface area contributed by atoms with Crippen LogP contribution in [0.1, 0.15) is 4.88 Å². The Balaban J connectivity index is 2.09. The zero-order valence-corrected chi connectivity index (χ0v) is 11.5. The van der Waals surface area contributed by atoms with Crippen LogP contribution in [0.15, 0.2) is 22.8 Å². The first-order chi connectivity index (χ1) is 8.06. The molecule has 0 bridgehead atoms. The van der Waals surface area contributed by atoms with Crippen molar-refractivity contribution in [2.75, 3.05) is 5.32 Å². The first-order valence-corrected chi connectivity index (χ1v) is 6.53. The third-order valence-electron chi connectivity index (χ3n) is 1.98. The number of nitrogens with one attached hydrogen (secondary N) is 1. The quantitative estimate of drug-likeness (QED) is 0.836. The van der Waals surface area contributed by atoms with Gasteiger partial charge >= 0.3 is 0 Å². The third kappa shape index (κ3) is 3.14. The Morgan fingerprint density at radius 2 is 2.18 bits per heavy atom. The largest absolute Gasteiger partial charge is 0.380 e. The monoisotopic (exact) mass is 338 g/mol. The molecule has 2 rings (SSSR count). The van der Waals surface area contributed by atoms with Gasteiger partial charge in [0.05, 0.1) is 11.0 Å². The van der Waals surface area contributed by atoms with Gasteiger partial charge in [0.25, 0.3) is 0 Å². The van der Waals surface area contributed by atoms with E-state index in [0.29, 0.717) is 16.7 Å². The van der Waals surface area contributed by atoms with Gasteiger partial charge in [-0.15, -0.1) is 11.3 Å². The van der Waals surface area contributed by atoms with E-state index in [2.05, 4.69) is 26.2 Å². The lowest BCUT2D eigenvalue weighted by atomic mass is 10.3. The fourth-order valence-corrected chi connectivity index (χ4v) is 2.57. The van der Waals surface area contributed by atoms with Gasteiger partial charge in [0.1, 0.15) is 0 Å². The van der Waals surface area contributed by atoms with E-state index in [4.69, 9.17) is 11.6 Å². The molecule has 0 unspecified atom stereocenters. The molecule has 0 spiro atoms. The molecule has 0 aliphatic rings. The van der Waals surface area contributed by atoms with Gasteiger partial charge in [-0.1, -0.05) is 11.6 Å². The van der Waals surface area contributed by atoms with E-state index in [1.807, 2.05) is 0 Å². The van der Waals surface area contributed by atoms with Crippen molar-refractivity contribution in [1.82, 2.24) is 4.98 Å². The van der Waals surface area contributed by atoms with E-state index in [1.54, 1.807) is 6.20 Å². The summed E-state index contributed by atoms with van der Waals surface area (Å²) in [6.07, 6.45) is 1.63. The molecule has 0 saturated heterocycles. The topological polar surface area (TPSA) is 24.9 Å². The third-order valence-corrected chi connectivity index (χ3v) is 3.67. The van der Waals surface area contributed by atoms with E-state index in [9.17, 15) is 8.78 Å². The molecule has 0 fully saturated rings. The predicted octanol–water partition coefficient (Wildman–Crippen LogP) is 4.45. The smallest absolute Gasteiger partial charge is 0.183 e. The number of thiazole rings is 1. The van der Waals surface area contributed by atoms with Crippen molar-refractivity contribution < 1.29 is 8.78 Å². The molecule has 17 heavy (non-hydrogen) atoms. The molecule has 0 aliphatic carbocycles. The number of benzene rings is 1. The van der Waals surface area contributed by atoms with E-state index >= 15 is 0 Å². The molecule has 0 aliphatic heterocycles. The number of halogens is 4. The lowest BCUT2D eigenvalue weighted by Gasteiger charge is -2.06. The molecule has 1 aromatic carbocycles. The summed E-state index contributed by atoms with van der Waals surface area (Å²) in [5, 5.41) is 2.96. The van der Waals surface area contributed by atoms with Crippen LogP contribution in [0.2, 0.25) is 4.47 Å². The summed E-state index contributed by atoms with van der Waals surface area (Å²) in [4.78, 5) is 4.79. The number of rotatable bonds is 3. The average molecular weight is 340 g/mol. The summed E-state index contributed by atoms with van der Waals surface area (Å²) in [7, 11) is 0. The average Bonchev–Trinajstić information content (AvgIpc) is 2.69. The van der Waals surface area contributed by atoms with Crippen molar-refractivity contribution in [2.45, 2.75) is 6.54 Å². The van der Waals surface area contributed by atoms with E-state index in [1.165, 1.54) is 17.4 Å². The van der Waals surface area contributed by atoms with Crippen LogP contribution in [-0.2, 0) is 6.54 Å². The summed E-state index contributed by atoms with van der Waals surface area (Å²) in [6, 6.07) is 2.57. The molecule has 1 heterocycles. The lowest BCUT2D eigenvalue weighted by molar-refractivity contribution is 0.504. The first-order valence-electron chi connectivity index (χ1n) is 4.55. The molecular weight excluding hydrogens is 334 g/mol. The first kappa shape index (κ1) is 12.7. The Hall–Kier alpha value is -0.720. The van der Waals surface area contributed by atoms with Crippen LogP contribution >= 0.6 is 38.9 Å². The minimum absolute atomic E-state index is 0.0855. The molecular formula is C10H6BrClF2N2S. The van der Waals surface area contributed by atoms with Crippen LogP contribution in [-0.4, -0.2) is 4.98 Å². The number of aromatic nitrogens is 1. The number of nitrogens with zero attached hydrogens (tertiary/aromatic N) is 1. The van der Waals surface area contributed by atoms with Gasteiger partial charge < -0.3 is 5.32 Å². The minimum atomic E-state index is -0.899. The predicted molar refractivity (Wildman–Crippen MR) is 68.5 cm³/mol. The van der Waals surface area contributed by atoms with E-state index in [0.717, 1.165) is 10.9 Å². The normalized spacial score (nSPS) is 10.6. The van der Waals surface area contributed by atoms with Gasteiger partial charge in [-0.2, -0.15) is 0 Å². The molecule has 1 aromatic heterocycles. The van der Waals surface area contributed by atoms with Crippen LogP contribution in [0.3, 0.4) is 0 Å². The minimum Gasteiger partial charge on any atom is -0.380 e. The van der Waals surface area contributed by atoms with Gasteiger partial charge in [-0.25, -0.2) is 13.8 Å². The van der Waals surface area contributed by atoms with Crippen molar-refractivity contribution in [1.29, 1.82) is 0 Å². The van der Waals surface area contributed by atoms with Crippen molar-refractivity contribution in [3.8, 4) is 0 Å². The standard InChI is InChI=1S/C10H6BrClF2N2S/c11-7-1-5(2-8(13)9(7)14)15-3-6-4-16-10(12)17-6/h1-2,4,15H,3H2. The van der Waals surface area contributed by atoms with Gasteiger partial charge in [-0.05, 0) is 22.0 Å². The maximum atomic E-state index is 13.1. The molecule has 7 heteroatoms. The molecule has 2 aromatic rings. The zero-order chi connectivity index (χ0) is 12.4. The highest BCUT2D eigenvalue weighted by atomic mass is 79.9. The summed E-state index contributed by atoms with van der Waals surface area (Å²) >= 11 is 9.95. The van der Waals surface area contributed by atoms with Gasteiger partial charge in [0.15, 0.2) is 16.1 Å². The summed E-state index contributed by atoms with van der Waals surface area (Å²) in [5.74, 6) is -1.79. The maximum absolute atomic E-state index is 13.1. The second-order valence-electron chi connectivity index (χ2n) is 3.19. The molecule has 0 saturated carbocycles. The Kier molecular flexibility index (Phi) is 3.96. The van der Waals surface area contributed by atoms with Crippen molar-refractivity contribution in [3.05, 3.63) is 43.8 Å². The molecule has 90 valence electrons. The summed E-state index contributed by atoms with van der Waals surface area (Å²) < 4.78 is 26.6. The Morgan fingerprint density at radius 1 is 1.41 bits per heavy atom. The summed E-state index contributed by atoms with van der Waals surface area (Å²) in [6.45, 7) is 0.460. The Morgan fingerprint density at radius 3 is 2.76 bits per heavy atom. The fourth-order valence-electron chi connectivity index (χ4n) is 1.21. The van der Waals surface area contributed by atoms with Crippen LogP contribution in [0.25, 0.3) is 0 Å². The fraction of sp³-hybridized carbons (Fsp3) is 0.100. The van der Waals surface area contributed by atoms with E-state index in [-0.39, 0.29) is 4.47 Å². The van der Waals surface area contributed by atoms with Gasteiger partial charge in [-0.3, -0.25) is 0 Å². The Bertz CT molecular complexity index is 524. The highest BCUT2D eigenvalue weighted by Gasteiger charge is 2.08. The van der Waals surface area contributed by atoms with E-state index < -0.39 is 11.6 Å². The number of hydrogen-bond donors (Lipinski definition) is 1. The summed E-state index contributed by atoms with van der Waals surface area (Å²) in [5.41, 5.74) is 0.486. The molecule has 1 N–H and O–H groups in total. The molecule has 0 radical (unpaired) electrons. The zero-order valence-electron chi connectivity index (χ0n) is 8.31. The lowest BCUT2D eigenvalue weighted by Crippen LogP contribution is -1.99. The second-order valence-corrected chi connectivity index (χ2v) is 5.74. The van der Waals surface area contributed by atoms with Gasteiger partial charge in [0.2, 0.25) is 0 Å². The van der Waals surface area contributed by atoms with Crippen molar-refractivity contribution >= 4 is 44.6 Å². The maximum Gasteiger partial charge on any atom is 0.183 e. The van der Waals surface area contributed by atoms with Crippen LogP contribution < -0.4 is 5.32 Å². The molecule has 2 nitrogen and oxygen atoms in total. The molecule has 0 atom stereocenters. The van der Waals surface area contributed by atoms with Crippen LogP contribution in [0, 0.1) is 11.6 Å². The second kappa shape index (κ2) is 5.29.